The highest BCUT2D eigenvalue weighted by Crippen LogP contribution is 2.26. The number of rotatable bonds is 7. The number of thioether (sulfide) groups is 1. The molecule has 0 radical (unpaired) electrons. The van der Waals surface area contributed by atoms with Crippen LogP contribution in [0, 0.1) is 0 Å². The van der Waals surface area contributed by atoms with Crippen LogP contribution in [0.3, 0.4) is 0 Å². The van der Waals surface area contributed by atoms with E-state index in [1.807, 2.05) is 26.0 Å². The van der Waals surface area contributed by atoms with Crippen LogP contribution in [0.1, 0.15) is 30.7 Å². The predicted molar refractivity (Wildman–Crippen MR) is 91.3 cm³/mol. The van der Waals surface area contributed by atoms with E-state index in [1.165, 1.54) is 0 Å². The molecule has 0 aromatic carbocycles. The first-order valence-corrected chi connectivity index (χ1v) is 9.14. The van der Waals surface area contributed by atoms with Crippen LogP contribution in [0.4, 0.5) is 0 Å². The molecule has 3 heterocycles. The Balaban J connectivity index is 1.60. The first-order chi connectivity index (χ1) is 11.3. The molecule has 0 bridgehead atoms. The van der Waals surface area contributed by atoms with E-state index in [2.05, 4.69) is 30.5 Å². The van der Waals surface area contributed by atoms with E-state index >= 15 is 0 Å². The van der Waals surface area contributed by atoms with Crippen molar-refractivity contribution in [2.24, 2.45) is 0 Å². The monoisotopic (exact) mass is 347 g/mol. The lowest BCUT2D eigenvalue weighted by atomic mass is 10.3. The molecule has 23 heavy (non-hydrogen) atoms. The van der Waals surface area contributed by atoms with Crippen LogP contribution in [0.15, 0.2) is 35.1 Å². The van der Waals surface area contributed by atoms with Crippen LogP contribution >= 0.6 is 23.1 Å². The Morgan fingerprint density at radius 2 is 2.30 bits per heavy atom. The number of aromatic amines is 1. The maximum atomic E-state index is 5.56. The maximum Gasteiger partial charge on any atom is 0.209 e. The minimum absolute atomic E-state index is 0.0458. The molecule has 1 atom stereocenters. The highest BCUT2D eigenvalue weighted by molar-refractivity contribution is 7.98. The third kappa shape index (κ3) is 4.15. The van der Waals surface area contributed by atoms with Gasteiger partial charge < -0.3 is 4.74 Å². The van der Waals surface area contributed by atoms with Gasteiger partial charge in [0.15, 0.2) is 5.82 Å². The van der Waals surface area contributed by atoms with Gasteiger partial charge in [0, 0.05) is 35.7 Å². The zero-order valence-electron chi connectivity index (χ0n) is 12.9. The quantitative estimate of drug-likeness (QED) is 0.657. The number of nitrogens with one attached hydrogen (secondary N) is 1. The highest BCUT2D eigenvalue weighted by atomic mass is 32.2. The summed E-state index contributed by atoms with van der Waals surface area (Å²) in [6.07, 6.45) is 3.54. The second-order valence-electron chi connectivity index (χ2n) is 4.77. The van der Waals surface area contributed by atoms with E-state index in [4.69, 9.17) is 4.74 Å². The fourth-order valence-electron chi connectivity index (χ4n) is 1.98. The largest absolute Gasteiger partial charge is 0.372 e. The standard InChI is InChI=1S/C15H17N5OS2/c1-3-21-10(2)14-17-12(8-22-14)9-23-15-18-13(19-20-15)11-5-4-6-16-7-11/h4-8,10H,3,9H2,1-2H3,(H,18,19,20)/t10-/m1/s1. The fourth-order valence-corrected chi connectivity index (χ4v) is 3.60. The van der Waals surface area contributed by atoms with E-state index < -0.39 is 0 Å². The summed E-state index contributed by atoms with van der Waals surface area (Å²) in [5.74, 6) is 1.46. The normalized spacial score (nSPS) is 12.4. The summed E-state index contributed by atoms with van der Waals surface area (Å²) in [6, 6.07) is 3.82. The molecule has 0 unspecified atom stereocenters. The number of ether oxygens (including phenoxy) is 1. The number of nitrogens with zero attached hydrogens (tertiary/aromatic N) is 4. The molecule has 6 nitrogen and oxygen atoms in total. The summed E-state index contributed by atoms with van der Waals surface area (Å²) in [6.45, 7) is 4.71. The second-order valence-corrected chi connectivity index (χ2v) is 6.60. The van der Waals surface area contributed by atoms with Crippen molar-refractivity contribution in [3.63, 3.8) is 0 Å². The molecule has 8 heteroatoms. The zero-order chi connectivity index (χ0) is 16.1. The minimum atomic E-state index is 0.0458. The molecule has 1 N–H and O–H groups in total. The van der Waals surface area contributed by atoms with Gasteiger partial charge in [-0.3, -0.25) is 10.1 Å². The summed E-state index contributed by atoms with van der Waals surface area (Å²) in [5, 5.41) is 10.9. The molecule has 0 spiro atoms. The van der Waals surface area contributed by atoms with Gasteiger partial charge in [-0.25, -0.2) is 9.97 Å². The van der Waals surface area contributed by atoms with Gasteiger partial charge in [0.2, 0.25) is 5.16 Å². The molecule has 0 saturated heterocycles. The van der Waals surface area contributed by atoms with Crippen molar-refractivity contribution in [2.45, 2.75) is 30.9 Å². The Bertz CT molecular complexity index is 743. The number of thiazole rings is 1. The molecule has 0 saturated carbocycles. The molecule has 0 fully saturated rings. The van der Waals surface area contributed by atoms with Gasteiger partial charge in [0.25, 0.3) is 0 Å². The first kappa shape index (κ1) is 16.1. The second kappa shape index (κ2) is 7.67. The molecule has 3 aromatic heterocycles. The van der Waals surface area contributed by atoms with Crippen LogP contribution in [-0.4, -0.2) is 31.8 Å². The summed E-state index contributed by atoms with van der Waals surface area (Å²) in [4.78, 5) is 13.2. The summed E-state index contributed by atoms with van der Waals surface area (Å²) in [5.41, 5.74) is 1.95. The molecule has 0 aliphatic rings. The van der Waals surface area contributed by atoms with Gasteiger partial charge in [-0.15, -0.1) is 16.4 Å². The van der Waals surface area contributed by atoms with Gasteiger partial charge >= 0.3 is 0 Å². The Labute approximate surface area is 142 Å². The van der Waals surface area contributed by atoms with Crippen LogP contribution in [-0.2, 0) is 10.5 Å². The van der Waals surface area contributed by atoms with Gasteiger partial charge in [-0.1, -0.05) is 11.8 Å². The highest BCUT2D eigenvalue weighted by Gasteiger charge is 2.12. The van der Waals surface area contributed by atoms with Crippen molar-refractivity contribution < 1.29 is 4.74 Å². The Kier molecular flexibility index (Phi) is 5.37. The number of hydrogen-bond donors (Lipinski definition) is 1. The van der Waals surface area contributed by atoms with Crippen molar-refractivity contribution in [3.05, 3.63) is 40.6 Å². The van der Waals surface area contributed by atoms with Crippen LogP contribution in [0.5, 0.6) is 0 Å². The van der Waals surface area contributed by atoms with Gasteiger partial charge in [0.05, 0.1) is 5.69 Å². The number of hydrogen-bond acceptors (Lipinski definition) is 7. The van der Waals surface area contributed by atoms with E-state index in [0.29, 0.717) is 11.8 Å². The first-order valence-electron chi connectivity index (χ1n) is 7.27. The molecule has 0 aliphatic carbocycles. The lowest BCUT2D eigenvalue weighted by molar-refractivity contribution is 0.0761. The lowest BCUT2D eigenvalue weighted by Gasteiger charge is -2.06. The maximum absolute atomic E-state index is 5.56. The molecular weight excluding hydrogens is 330 g/mol. The Morgan fingerprint density at radius 3 is 3.09 bits per heavy atom. The topological polar surface area (TPSA) is 76.6 Å². The van der Waals surface area contributed by atoms with Gasteiger partial charge in [-0.2, -0.15) is 0 Å². The van der Waals surface area contributed by atoms with Crippen molar-refractivity contribution in [1.29, 1.82) is 0 Å². The molecule has 0 aliphatic heterocycles. The van der Waals surface area contributed by atoms with Crippen molar-refractivity contribution in [3.8, 4) is 11.4 Å². The van der Waals surface area contributed by atoms with Crippen LogP contribution in [0.2, 0.25) is 0 Å². The number of aromatic nitrogens is 5. The average Bonchev–Trinajstić information content (AvgIpc) is 3.23. The Hall–Kier alpha value is -1.77. The summed E-state index contributed by atoms with van der Waals surface area (Å²) in [7, 11) is 0. The minimum Gasteiger partial charge on any atom is -0.372 e. The van der Waals surface area contributed by atoms with E-state index in [9.17, 15) is 0 Å². The van der Waals surface area contributed by atoms with E-state index in [-0.39, 0.29) is 6.10 Å². The van der Waals surface area contributed by atoms with E-state index in [1.54, 1.807) is 35.5 Å². The van der Waals surface area contributed by atoms with E-state index in [0.717, 1.165) is 27.8 Å². The zero-order valence-corrected chi connectivity index (χ0v) is 14.5. The molecular formula is C15H17N5OS2. The average molecular weight is 347 g/mol. The Morgan fingerprint density at radius 1 is 1.39 bits per heavy atom. The number of pyridine rings is 1. The third-order valence-corrected chi connectivity index (χ3v) is 5.02. The van der Waals surface area contributed by atoms with Crippen molar-refractivity contribution in [2.75, 3.05) is 6.61 Å². The fraction of sp³-hybridized carbons (Fsp3) is 0.333. The van der Waals surface area contributed by atoms with Gasteiger partial charge in [0.1, 0.15) is 11.1 Å². The predicted octanol–water partition coefficient (Wildman–Crippen LogP) is 3.71. The summed E-state index contributed by atoms with van der Waals surface area (Å²) >= 11 is 3.19. The lowest BCUT2D eigenvalue weighted by Crippen LogP contribution is -1.98. The van der Waals surface area contributed by atoms with Crippen LogP contribution in [0.25, 0.3) is 11.4 Å². The van der Waals surface area contributed by atoms with Gasteiger partial charge in [-0.05, 0) is 26.0 Å². The van der Waals surface area contributed by atoms with Crippen molar-refractivity contribution in [1.82, 2.24) is 25.1 Å². The molecule has 0 amide bonds. The smallest absolute Gasteiger partial charge is 0.209 e. The third-order valence-electron chi connectivity index (χ3n) is 3.08. The molecule has 3 aromatic rings. The number of H-pyrrole nitrogens is 1. The van der Waals surface area contributed by atoms with Crippen LogP contribution < -0.4 is 0 Å². The molecule has 3 rings (SSSR count). The molecule has 120 valence electrons. The SMILES string of the molecule is CCO[C@H](C)c1nc(CSc2n[nH]c(-c3cccnc3)n2)cs1. The summed E-state index contributed by atoms with van der Waals surface area (Å²) < 4.78 is 5.56. The van der Waals surface area contributed by atoms with Crippen molar-refractivity contribution >= 4 is 23.1 Å².